The molecule has 2 N–H and O–H groups in total. The Morgan fingerprint density at radius 3 is 3.07 bits per heavy atom. The van der Waals surface area contributed by atoms with Gasteiger partial charge in [-0.2, -0.15) is 5.10 Å². The lowest BCUT2D eigenvalue weighted by molar-refractivity contribution is 0.647. The number of hydrogen-bond acceptors (Lipinski definition) is 3. The quantitative estimate of drug-likeness (QED) is 0.820. The average Bonchev–Trinajstić information content (AvgIpc) is 2.56. The number of nitrogens with two attached hydrogens (primary N) is 1. The van der Waals surface area contributed by atoms with E-state index in [0.717, 1.165) is 24.3 Å². The Hall–Kier alpha value is -1.42. The standard InChI is InChI=1S/C11H16N4/c1-8-5-6-15-11(7-8)13-10(14-15)4-3-9(2)12/h5-7,9H,3-4,12H2,1-2H3. The van der Waals surface area contributed by atoms with Crippen LogP contribution >= 0.6 is 0 Å². The highest BCUT2D eigenvalue weighted by atomic mass is 15.3. The van der Waals surface area contributed by atoms with Crippen LogP contribution in [0.3, 0.4) is 0 Å². The molecule has 0 amide bonds. The lowest BCUT2D eigenvalue weighted by Crippen LogP contribution is -2.15. The minimum absolute atomic E-state index is 0.207. The van der Waals surface area contributed by atoms with Crippen molar-refractivity contribution >= 4 is 5.65 Å². The second kappa shape index (κ2) is 3.98. The van der Waals surface area contributed by atoms with Crippen LogP contribution in [0.1, 0.15) is 24.7 Å². The van der Waals surface area contributed by atoms with Gasteiger partial charge in [-0.15, -0.1) is 0 Å². The van der Waals surface area contributed by atoms with Crippen molar-refractivity contribution in [3.63, 3.8) is 0 Å². The van der Waals surface area contributed by atoms with Crippen molar-refractivity contribution in [2.75, 3.05) is 0 Å². The van der Waals surface area contributed by atoms with Crippen LogP contribution < -0.4 is 5.73 Å². The summed E-state index contributed by atoms with van der Waals surface area (Å²) in [7, 11) is 0. The number of rotatable bonds is 3. The van der Waals surface area contributed by atoms with E-state index in [1.807, 2.05) is 29.8 Å². The van der Waals surface area contributed by atoms with E-state index < -0.39 is 0 Å². The van der Waals surface area contributed by atoms with E-state index >= 15 is 0 Å². The molecule has 1 atom stereocenters. The van der Waals surface area contributed by atoms with Crippen LogP contribution in [0.15, 0.2) is 18.3 Å². The molecule has 80 valence electrons. The van der Waals surface area contributed by atoms with Crippen LogP contribution in [0.2, 0.25) is 0 Å². The highest BCUT2D eigenvalue weighted by molar-refractivity contribution is 5.39. The van der Waals surface area contributed by atoms with Gasteiger partial charge in [-0.3, -0.25) is 0 Å². The summed E-state index contributed by atoms with van der Waals surface area (Å²) >= 11 is 0. The molecule has 1 unspecified atom stereocenters. The van der Waals surface area contributed by atoms with Gasteiger partial charge in [-0.25, -0.2) is 9.50 Å². The maximum atomic E-state index is 5.70. The van der Waals surface area contributed by atoms with Gasteiger partial charge < -0.3 is 5.73 Å². The van der Waals surface area contributed by atoms with Crippen molar-refractivity contribution < 1.29 is 0 Å². The Labute approximate surface area is 89.1 Å². The molecule has 0 spiro atoms. The second-order valence-electron chi connectivity index (χ2n) is 4.05. The summed E-state index contributed by atoms with van der Waals surface area (Å²) in [6.45, 7) is 4.05. The third-order valence-corrected chi connectivity index (χ3v) is 2.36. The maximum Gasteiger partial charge on any atom is 0.155 e. The molecule has 2 rings (SSSR count). The van der Waals surface area contributed by atoms with E-state index in [-0.39, 0.29) is 6.04 Å². The van der Waals surface area contributed by atoms with Crippen LogP contribution in [0.25, 0.3) is 5.65 Å². The largest absolute Gasteiger partial charge is 0.328 e. The molecule has 0 aliphatic rings. The van der Waals surface area contributed by atoms with Gasteiger partial charge in [0.25, 0.3) is 0 Å². The lowest BCUT2D eigenvalue weighted by atomic mass is 10.2. The highest BCUT2D eigenvalue weighted by Gasteiger charge is 2.04. The van der Waals surface area contributed by atoms with Crippen LogP contribution in [0, 0.1) is 6.92 Å². The summed E-state index contributed by atoms with van der Waals surface area (Å²) < 4.78 is 1.81. The summed E-state index contributed by atoms with van der Waals surface area (Å²) in [5.74, 6) is 0.873. The number of aryl methyl sites for hydroxylation is 2. The fourth-order valence-corrected chi connectivity index (χ4v) is 1.49. The van der Waals surface area contributed by atoms with Crippen LogP contribution in [0.4, 0.5) is 0 Å². The monoisotopic (exact) mass is 204 g/mol. The number of pyridine rings is 1. The van der Waals surface area contributed by atoms with Gasteiger partial charge in [-0.05, 0) is 38.0 Å². The zero-order chi connectivity index (χ0) is 10.8. The van der Waals surface area contributed by atoms with Gasteiger partial charge in [0.2, 0.25) is 0 Å². The van der Waals surface area contributed by atoms with Gasteiger partial charge >= 0.3 is 0 Å². The van der Waals surface area contributed by atoms with E-state index in [1.54, 1.807) is 0 Å². The predicted octanol–water partition coefficient (Wildman–Crippen LogP) is 1.32. The molecule has 0 aromatic carbocycles. The number of nitrogens with zero attached hydrogens (tertiary/aromatic N) is 3. The van der Waals surface area contributed by atoms with Crippen LogP contribution in [0.5, 0.6) is 0 Å². The lowest BCUT2D eigenvalue weighted by Gasteiger charge is -1.99. The van der Waals surface area contributed by atoms with Crippen molar-refractivity contribution in [2.45, 2.75) is 32.7 Å². The molecule has 0 aliphatic carbocycles. The molecule has 4 heteroatoms. The first-order chi connectivity index (χ1) is 7.15. The highest BCUT2D eigenvalue weighted by Crippen LogP contribution is 2.06. The first kappa shape index (κ1) is 10.1. The van der Waals surface area contributed by atoms with Gasteiger partial charge in [0.05, 0.1) is 0 Å². The second-order valence-corrected chi connectivity index (χ2v) is 4.05. The zero-order valence-corrected chi connectivity index (χ0v) is 9.14. The molecule has 0 radical (unpaired) electrons. The van der Waals surface area contributed by atoms with Gasteiger partial charge in [0, 0.05) is 18.7 Å². The zero-order valence-electron chi connectivity index (χ0n) is 9.14. The van der Waals surface area contributed by atoms with Crippen LogP contribution in [-0.4, -0.2) is 20.6 Å². The van der Waals surface area contributed by atoms with Crippen molar-refractivity contribution in [2.24, 2.45) is 5.73 Å². The topological polar surface area (TPSA) is 56.2 Å². The fourth-order valence-electron chi connectivity index (χ4n) is 1.49. The Bertz CT molecular complexity index is 459. The Morgan fingerprint density at radius 1 is 1.53 bits per heavy atom. The maximum absolute atomic E-state index is 5.70. The minimum Gasteiger partial charge on any atom is -0.328 e. The molecule has 2 aromatic rings. The number of fused-ring (bicyclic) bond motifs is 1. The summed E-state index contributed by atoms with van der Waals surface area (Å²) in [6.07, 6.45) is 3.71. The van der Waals surface area contributed by atoms with E-state index in [2.05, 4.69) is 17.0 Å². The molecule has 0 saturated heterocycles. The molecule has 0 aliphatic heterocycles. The third kappa shape index (κ3) is 2.33. The van der Waals surface area contributed by atoms with Crippen LogP contribution in [-0.2, 0) is 6.42 Å². The first-order valence-electron chi connectivity index (χ1n) is 5.22. The van der Waals surface area contributed by atoms with Crippen molar-refractivity contribution in [1.82, 2.24) is 14.6 Å². The summed E-state index contributed by atoms with van der Waals surface area (Å²) in [5, 5.41) is 4.38. The Kier molecular flexibility index (Phi) is 2.68. The molecular weight excluding hydrogens is 188 g/mol. The number of aromatic nitrogens is 3. The van der Waals surface area contributed by atoms with Crippen molar-refractivity contribution in [1.29, 1.82) is 0 Å². The van der Waals surface area contributed by atoms with Gasteiger partial charge in [-0.1, -0.05) is 0 Å². The molecule has 2 aromatic heterocycles. The predicted molar refractivity (Wildman–Crippen MR) is 59.7 cm³/mol. The van der Waals surface area contributed by atoms with Crippen molar-refractivity contribution in [3.05, 3.63) is 29.7 Å². The van der Waals surface area contributed by atoms with E-state index in [4.69, 9.17) is 5.73 Å². The molecule has 0 bridgehead atoms. The van der Waals surface area contributed by atoms with Crippen molar-refractivity contribution in [3.8, 4) is 0 Å². The SMILES string of the molecule is Cc1ccn2nc(CCC(C)N)nc2c1. The third-order valence-electron chi connectivity index (χ3n) is 2.36. The molecule has 2 heterocycles. The number of hydrogen-bond donors (Lipinski definition) is 1. The molecule has 4 nitrogen and oxygen atoms in total. The average molecular weight is 204 g/mol. The molecule has 0 fully saturated rings. The Morgan fingerprint density at radius 2 is 2.33 bits per heavy atom. The smallest absolute Gasteiger partial charge is 0.155 e. The van der Waals surface area contributed by atoms with E-state index in [0.29, 0.717) is 0 Å². The molecular formula is C11H16N4. The fraction of sp³-hybridized carbons (Fsp3) is 0.455. The summed E-state index contributed by atoms with van der Waals surface area (Å²) in [5.41, 5.74) is 7.81. The normalized spacial score (nSPS) is 13.3. The van der Waals surface area contributed by atoms with Gasteiger partial charge in [0.1, 0.15) is 0 Å². The summed E-state index contributed by atoms with van der Waals surface area (Å²) in [4.78, 5) is 4.44. The molecule has 15 heavy (non-hydrogen) atoms. The minimum atomic E-state index is 0.207. The van der Waals surface area contributed by atoms with Gasteiger partial charge in [0.15, 0.2) is 11.5 Å². The summed E-state index contributed by atoms with van der Waals surface area (Å²) in [6, 6.07) is 4.26. The first-order valence-corrected chi connectivity index (χ1v) is 5.22. The Balaban J connectivity index is 2.23. The van der Waals surface area contributed by atoms with E-state index in [1.165, 1.54) is 5.56 Å². The molecule has 0 saturated carbocycles. The van der Waals surface area contributed by atoms with E-state index in [9.17, 15) is 0 Å².